The van der Waals surface area contributed by atoms with E-state index in [1.165, 1.54) is 25.8 Å². The van der Waals surface area contributed by atoms with Crippen LogP contribution in [0.2, 0.25) is 0 Å². The van der Waals surface area contributed by atoms with E-state index in [2.05, 4.69) is 10.3 Å². The first-order valence-corrected chi connectivity index (χ1v) is 8.10. The highest BCUT2D eigenvalue weighted by molar-refractivity contribution is 5.95. The van der Waals surface area contributed by atoms with E-state index in [1.807, 2.05) is 5.32 Å². The van der Waals surface area contributed by atoms with Gasteiger partial charge in [0, 0.05) is 18.3 Å². The van der Waals surface area contributed by atoms with Crippen LogP contribution in [0.25, 0.3) is 0 Å². The molecule has 1 fully saturated rings. The molecule has 2 rings (SSSR count). The number of nitrogens with zero attached hydrogens (tertiary/aromatic N) is 1. The Kier molecular flexibility index (Phi) is 6.70. The lowest BCUT2D eigenvalue weighted by Crippen LogP contribution is -2.37. The Morgan fingerprint density at radius 2 is 2.00 bits per heavy atom. The Bertz CT molecular complexity index is 643. The summed E-state index contributed by atoms with van der Waals surface area (Å²) in [5, 5.41) is 4.89. The van der Waals surface area contributed by atoms with Crippen molar-refractivity contribution in [3.05, 3.63) is 17.8 Å². The van der Waals surface area contributed by atoms with Gasteiger partial charge in [-0.3, -0.25) is 14.9 Å². The first kappa shape index (κ1) is 18.7. The molecule has 25 heavy (non-hydrogen) atoms. The second-order valence-electron chi connectivity index (χ2n) is 5.68. The summed E-state index contributed by atoms with van der Waals surface area (Å²) in [5.74, 6) is -0.995. The summed E-state index contributed by atoms with van der Waals surface area (Å²) in [6.07, 6.45) is 5.60. The van der Waals surface area contributed by atoms with Gasteiger partial charge < -0.3 is 20.5 Å². The third kappa shape index (κ3) is 5.42. The van der Waals surface area contributed by atoms with Crippen LogP contribution in [0, 0.1) is 0 Å². The lowest BCUT2D eigenvalue weighted by atomic mass is 9.95. The summed E-state index contributed by atoms with van der Waals surface area (Å²) in [7, 11) is 1.36. The molecule has 0 bridgehead atoms. The van der Waals surface area contributed by atoms with Crippen LogP contribution in [0.3, 0.4) is 0 Å². The van der Waals surface area contributed by atoms with E-state index in [-0.39, 0.29) is 30.1 Å². The number of nitrogens with two attached hydrogens (primary N) is 1. The minimum absolute atomic E-state index is 0.103. The summed E-state index contributed by atoms with van der Waals surface area (Å²) in [4.78, 5) is 38.8. The maximum absolute atomic E-state index is 12.3. The molecule has 0 spiro atoms. The van der Waals surface area contributed by atoms with E-state index in [9.17, 15) is 14.4 Å². The predicted molar refractivity (Wildman–Crippen MR) is 88.3 cm³/mol. The zero-order chi connectivity index (χ0) is 18.2. The first-order valence-electron chi connectivity index (χ1n) is 8.10. The number of amides is 3. The monoisotopic (exact) mass is 350 g/mol. The molecule has 0 unspecified atom stereocenters. The molecule has 9 heteroatoms. The fourth-order valence-electron chi connectivity index (χ4n) is 2.57. The van der Waals surface area contributed by atoms with Gasteiger partial charge in [0.1, 0.15) is 0 Å². The minimum Gasteiger partial charge on any atom is -0.491 e. The Hall–Kier alpha value is -2.68. The molecule has 0 saturated heterocycles. The summed E-state index contributed by atoms with van der Waals surface area (Å²) in [5.41, 5.74) is 5.39. The highest BCUT2D eigenvalue weighted by atomic mass is 16.6. The second kappa shape index (κ2) is 8.97. The molecule has 0 radical (unpaired) electrons. The van der Waals surface area contributed by atoms with Crippen molar-refractivity contribution in [2.75, 3.05) is 13.7 Å². The van der Waals surface area contributed by atoms with E-state index in [0.29, 0.717) is 5.56 Å². The van der Waals surface area contributed by atoms with Crippen molar-refractivity contribution in [3.63, 3.8) is 0 Å². The maximum Gasteiger partial charge on any atom is 0.420 e. The molecular weight excluding hydrogens is 328 g/mol. The number of rotatable bonds is 5. The number of hydrogen-bond donors (Lipinski definition) is 3. The van der Waals surface area contributed by atoms with Gasteiger partial charge in [-0.2, -0.15) is 0 Å². The zero-order valence-electron chi connectivity index (χ0n) is 14.0. The molecule has 0 aromatic carbocycles. The Morgan fingerprint density at radius 3 is 2.64 bits per heavy atom. The van der Waals surface area contributed by atoms with E-state index in [4.69, 9.17) is 15.2 Å². The van der Waals surface area contributed by atoms with Crippen molar-refractivity contribution < 1.29 is 23.9 Å². The van der Waals surface area contributed by atoms with Gasteiger partial charge in [0.05, 0.1) is 19.2 Å². The fraction of sp³-hybridized carbons (Fsp3) is 0.500. The van der Waals surface area contributed by atoms with Crippen molar-refractivity contribution in [2.45, 2.75) is 38.1 Å². The quantitative estimate of drug-likeness (QED) is 0.713. The zero-order valence-corrected chi connectivity index (χ0v) is 14.0. The molecule has 0 atom stereocenters. The van der Waals surface area contributed by atoms with Crippen molar-refractivity contribution in [1.29, 1.82) is 0 Å². The molecule has 1 aromatic heterocycles. The lowest BCUT2D eigenvalue weighted by molar-refractivity contribution is -0.118. The van der Waals surface area contributed by atoms with Crippen LogP contribution in [0.5, 0.6) is 11.6 Å². The number of nitrogens with one attached hydrogen (secondary N) is 2. The number of hydrogen-bond acceptors (Lipinski definition) is 7. The van der Waals surface area contributed by atoms with Gasteiger partial charge in [-0.1, -0.05) is 19.3 Å². The highest BCUT2D eigenvalue weighted by Gasteiger charge is 2.19. The molecule has 9 nitrogen and oxygen atoms in total. The Labute approximate surface area is 145 Å². The van der Waals surface area contributed by atoms with Crippen LogP contribution in [-0.4, -0.2) is 42.6 Å². The van der Waals surface area contributed by atoms with Crippen LogP contribution in [-0.2, 0) is 4.79 Å². The van der Waals surface area contributed by atoms with Crippen molar-refractivity contribution in [2.24, 2.45) is 5.73 Å². The van der Waals surface area contributed by atoms with Crippen LogP contribution in [0.4, 0.5) is 4.79 Å². The standard InChI is InChI=1S/C16H22N4O5/c1-24-12-7-10(14(22)19-11-5-3-2-4-6-11)9-18-15(12)25-16(23)20-13(21)8-17/h7,9,11H,2-6,8,17H2,1H3,(H,19,22)(H,20,21,23). The molecule has 136 valence electrons. The lowest BCUT2D eigenvalue weighted by Gasteiger charge is -2.22. The van der Waals surface area contributed by atoms with Gasteiger partial charge >= 0.3 is 6.09 Å². The van der Waals surface area contributed by atoms with E-state index < -0.39 is 12.0 Å². The maximum atomic E-state index is 12.3. The summed E-state index contributed by atoms with van der Waals surface area (Å²) in [6, 6.07) is 1.59. The van der Waals surface area contributed by atoms with Gasteiger partial charge in [0.25, 0.3) is 11.8 Å². The van der Waals surface area contributed by atoms with E-state index in [1.54, 1.807) is 0 Å². The predicted octanol–water partition coefficient (Wildman–Crippen LogP) is 0.726. The van der Waals surface area contributed by atoms with Crippen molar-refractivity contribution >= 4 is 17.9 Å². The molecule has 1 heterocycles. The molecule has 3 amide bonds. The average Bonchev–Trinajstić information content (AvgIpc) is 2.62. The largest absolute Gasteiger partial charge is 0.491 e. The van der Waals surface area contributed by atoms with E-state index >= 15 is 0 Å². The second-order valence-corrected chi connectivity index (χ2v) is 5.68. The van der Waals surface area contributed by atoms with Gasteiger partial charge in [0.2, 0.25) is 5.91 Å². The van der Waals surface area contributed by atoms with Crippen LogP contribution < -0.4 is 25.8 Å². The SMILES string of the molecule is COc1cc(C(=O)NC2CCCCC2)cnc1OC(=O)NC(=O)CN. The molecule has 1 saturated carbocycles. The molecule has 4 N–H and O–H groups in total. The average molecular weight is 350 g/mol. The smallest absolute Gasteiger partial charge is 0.420 e. The number of pyridine rings is 1. The van der Waals surface area contributed by atoms with Crippen LogP contribution in [0.15, 0.2) is 12.3 Å². The number of methoxy groups -OCH3 is 1. The number of imide groups is 1. The van der Waals surface area contributed by atoms with Gasteiger partial charge in [-0.25, -0.2) is 9.78 Å². The van der Waals surface area contributed by atoms with Gasteiger partial charge in [-0.15, -0.1) is 0 Å². The topological polar surface area (TPSA) is 133 Å². The van der Waals surface area contributed by atoms with Crippen molar-refractivity contribution in [1.82, 2.24) is 15.6 Å². The molecule has 0 aliphatic heterocycles. The third-order valence-electron chi connectivity index (χ3n) is 3.86. The number of carbonyl (C=O) groups excluding carboxylic acids is 3. The molecule has 1 aliphatic rings. The summed E-state index contributed by atoms with van der Waals surface area (Å²) < 4.78 is 10.0. The Morgan fingerprint density at radius 1 is 1.28 bits per heavy atom. The van der Waals surface area contributed by atoms with E-state index in [0.717, 1.165) is 25.7 Å². The van der Waals surface area contributed by atoms with Crippen LogP contribution in [0.1, 0.15) is 42.5 Å². The highest BCUT2D eigenvalue weighted by Crippen LogP contribution is 2.25. The molecule has 1 aliphatic carbocycles. The van der Waals surface area contributed by atoms with Gasteiger partial charge in [-0.05, 0) is 12.8 Å². The summed E-state index contributed by atoms with van der Waals surface area (Å²) >= 11 is 0. The van der Waals surface area contributed by atoms with Crippen LogP contribution >= 0.6 is 0 Å². The number of aromatic nitrogens is 1. The number of ether oxygens (including phenoxy) is 2. The summed E-state index contributed by atoms with van der Waals surface area (Å²) in [6.45, 7) is -0.347. The normalized spacial score (nSPS) is 14.5. The van der Waals surface area contributed by atoms with Crippen molar-refractivity contribution in [3.8, 4) is 11.6 Å². The number of carbonyl (C=O) groups is 3. The first-order chi connectivity index (χ1) is 12.0. The third-order valence-corrected chi connectivity index (χ3v) is 3.86. The molecule has 1 aromatic rings. The van der Waals surface area contributed by atoms with Gasteiger partial charge in [0.15, 0.2) is 5.75 Å². The minimum atomic E-state index is -1.03. The Balaban J connectivity index is 2.03. The molecular formula is C16H22N4O5. The fourth-order valence-corrected chi connectivity index (χ4v) is 2.57.